The summed E-state index contributed by atoms with van der Waals surface area (Å²) in [6, 6.07) is 7.53. The highest BCUT2D eigenvalue weighted by atomic mass is 32.1. The fourth-order valence-corrected chi connectivity index (χ4v) is 4.57. The van der Waals surface area contributed by atoms with Crippen molar-refractivity contribution in [1.29, 1.82) is 0 Å². The lowest BCUT2D eigenvalue weighted by atomic mass is 10.1. The van der Waals surface area contributed by atoms with Crippen molar-refractivity contribution in [1.82, 2.24) is 9.97 Å². The first-order valence-electron chi connectivity index (χ1n) is 10.2. The third-order valence-electron chi connectivity index (χ3n) is 4.03. The summed E-state index contributed by atoms with van der Waals surface area (Å²) in [4.78, 5) is 34.2. The number of rotatable bonds is 10. The monoisotopic (exact) mass is 476 g/mol. The predicted octanol–water partition coefficient (Wildman–Crippen LogP) is 5.08. The third kappa shape index (κ3) is 5.25. The molecule has 0 aliphatic carbocycles. The SMILES string of the molecule is CCOC(=O)c1sc(-c2cccc(-c3nc(OCC)c(C(=O)OCC)s3)c2)nc1OCC. The van der Waals surface area contributed by atoms with Crippen LogP contribution in [0.3, 0.4) is 0 Å². The van der Waals surface area contributed by atoms with E-state index in [1.165, 1.54) is 22.7 Å². The lowest BCUT2D eigenvalue weighted by molar-refractivity contribution is 0.0517. The van der Waals surface area contributed by atoms with Crippen molar-refractivity contribution in [3.63, 3.8) is 0 Å². The molecule has 2 heterocycles. The van der Waals surface area contributed by atoms with Crippen LogP contribution in [-0.2, 0) is 9.47 Å². The molecule has 8 nitrogen and oxygen atoms in total. The van der Waals surface area contributed by atoms with E-state index in [1.54, 1.807) is 13.8 Å². The normalized spacial score (nSPS) is 10.6. The Morgan fingerprint density at radius 2 is 1.19 bits per heavy atom. The van der Waals surface area contributed by atoms with Gasteiger partial charge >= 0.3 is 11.9 Å². The molecule has 2 aromatic heterocycles. The van der Waals surface area contributed by atoms with Gasteiger partial charge in [0.2, 0.25) is 11.8 Å². The molecule has 170 valence electrons. The molecule has 32 heavy (non-hydrogen) atoms. The summed E-state index contributed by atoms with van der Waals surface area (Å²) in [5.41, 5.74) is 1.57. The second-order valence-corrected chi connectivity index (χ2v) is 8.19. The zero-order valence-corrected chi connectivity index (χ0v) is 19.9. The van der Waals surface area contributed by atoms with E-state index >= 15 is 0 Å². The van der Waals surface area contributed by atoms with Crippen molar-refractivity contribution >= 4 is 34.6 Å². The molecule has 10 heteroatoms. The van der Waals surface area contributed by atoms with E-state index in [1.807, 2.05) is 38.1 Å². The Balaban J connectivity index is 1.99. The average molecular weight is 477 g/mol. The summed E-state index contributed by atoms with van der Waals surface area (Å²) >= 11 is 2.41. The summed E-state index contributed by atoms with van der Waals surface area (Å²) in [6.07, 6.45) is 0. The van der Waals surface area contributed by atoms with Crippen molar-refractivity contribution < 1.29 is 28.5 Å². The Hall–Kier alpha value is -2.98. The predicted molar refractivity (Wildman–Crippen MR) is 123 cm³/mol. The van der Waals surface area contributed by atoms with Crippen molar-refractivity contribution in [3.8, 4) is 32.9 Å². The van der Waals surface area contributed by atoms with Gasteiger partial charge in [-0.15, -0.1) is 22.7 Å². The molecule has 0 radical (unpaired) electrons. The van der Waals surface area contributed by atoms with Gasteiger partial charge in [-0.05, 0) is 33.8 Å². The van der Waals surface area contributed by atoms with Crippen LogP contribution in [0.5, 0.6) is 11.8 Å². The van der Waals surface area contributed by atoms with Gasteiger partial charge in [0.15, 0.2) is 9.75 Å². The molecule has 0 saturated carbocycles. The van der Waals surface area contributed by atoms with Crippen LogP contribution < -0.4 is 9.47 Å². The molecule has 0 unspecified atom stereocenters. The van der Waals surface area contributed by atoms with Gasteiger partial charge in [0.1, 0.15) is 10.0 Å². The Labute approximate surface area is 194 Å². The molecule has 0 aliphatic rings. The fraction of sp³-hybridized carbons (Fsp3) is 0.364. The molecular weight excluding hydrogens is 452 g/mol. The summed E-state index contributed by atoms with van der Waals surface area (Å²) < 4.78 is 21.3. The number of ether oxygens (including phenoxy) is 4. The van der Waals surface area contributed by atoms with Crippen LogP contribution in [0.15, 0.2) is 24.3 Å². The summed E-state index contributed by atoms with van der Waals surface area (Å²) in [6.45, 7) is 8.45. The minimum Gasteiger partial charge on any atom is -0.477 e. The molecule has 0 aliphatic heterocycles. The molecular formula is C22H24N2O6S2. The van der Waals surface area contributed by atoms with Gasteiger partial charge in [-0.1, -0.05) is 18.2 Å². The summed E-state index contributed by atoms with van der Waals surface area (Å²) in [5.74, 6) is -0.407. The first-order chi connectivity index (χ1) is 15.5. The Kier molecular flexibility index (Phi) is 8.18. The van der Waals surface area contributed by atoms with Crippen molar-refractivity contribution in [2.45, 2.75) is 27.7 Å². The van der Waals surface area contributed by atoms with E-state index in [0.29, 0.717) is 33.0 Å². The van der Waals surface area contributed by atoms with Crippen LogP contribution in [0.1, 0.15) is 47.0 Å². The minimum absolute atomic E-state index is 0.258. The number of hydrogen-bond acceptors (Lipinski definition) is 10. The maximum Gasteiger partial charge on any atom is 0.354 e. The van der Waals surface area contributed by atoms with E-state index in [0.717, 1.165) is 11.1 Å². The summed E-state index contributed by atoms with van der Waals surface area (Å²) in [5, 5.41) is 1.23. The average Bonchev–Trinajstić information content (AvgIpc) is 3.40. The number of hydrogen-bond donors (Lipinski definition) is 0. The summed E-state index contributed by atoms with van der Waals surface area (Å²) in [7, 11) is 0. The van der Waals surface area contributed by atoms with Gasteiger partial charge in [-0.2, -0.15) is 0 Å². The zero-order chi connectivity index (χ0) is 23.1. The maximum absolute atomic E-state index is 12.3. The largest absolute Gasteiger partial charge is 0.477 e. The number of thiazole rings is 2. The van der Waals surface area contributed by atoms with Gasteiger partial charge < -0.3 is 18.9 Å². The molecule has 1 aromatic carbocycles. The van der Waals surface area contributed by atoms with E-state index in [9.17, 15) is 9.59 Å². The van der Waals surface area contributed by atoms with Gasteiger partial charge in [-0.25, -0.2) is 19.6 Å². The van der Waals surface area contributed by atoms with Gasteiger partial charge in [0, 0.05) is 11.1 Å². The first kappa shape index (κ1) is 23.7. The van der Waals surface area contributed by atoms with Crippen LogP contribution in [-0.4, -0.2) is 48.3 Å². The highest BCUT2D eigenvalue weighted by Gasteiger charge is 2.23. The topological polar surface area (TPSA) is 96.8 Å². The Bertz CT molecular complexity index is 1010. The fourth-order valence-electron chi connectivity index (χ4n) is 2.76. The maximum atomic E-state index is 12.3. The highest BCUT2D eigenvalue weighted by Crippen LogP contribution is 2.37. The number of esters is 2. The highest BCUT2D eigenvalue weighted by molar-refractivity contribution is 7.17. The van der Waals surface area contributed by atoms with E-state index in [-0.39, 0.29) is 25.0 Å². The van der Waals surface area contributed by atoms with Gasteiger partial charge in [0.25, 0.3) is 0 Å². The van der Waals surface area contributed by atoms with Crippen LogP contribution in [0.25, 0.3) is 21.1 Å². The van der Waals surface area contributed by atoms with E-state index in [4.69, 9.17) is 18.9 Å². The number of benzene rings is 1. The smallest absolute Gasteiger partial charge is 0.354 e. The van der Waals surface area contributed by atoms with Crippen molar-refractivity contribution in [2.24, 2.45) is 0 Å². The molecule has 0 spiro atoms. The van der Waals surface area contributed by atoms with Crippen molar-refractivity contribution in [2.75, 3.05) is 26.4 Å². The lowest BCUT2D eigenvalue weighted by Gasteiger charge is -2.01. The molecule has 0 saturated heterocycles. The van der Waals surface area contributed by atoms with Gasteiger partial charge in [-0.3, -0.25) is 0 Å². The van der Waals surface area contributed by atoms with Crippen LogP contribution in [0, 0.1) is 0 Å². The second-order valence-electron chi connectivity index (χ2n) is 6.19. The Morgan fingerprint density at radius 3 is 1.56 bits per heavy atom. The van der Waals surface area contributed by atoms with Crippen LogP contribution in [0.2, 0.25) is 0 Å². The quantitative estimate of drug-likeness (QED) is 0.374. The Morgan fingerprint density at radius 1 is 0.750 bits per heavy atom. The second kappa shape index (κ2) is 11.1. The minimum atomic E-state index is -0.462. The van der Waals surface area contributed by atoms with Crippen molar-refractivity contribution in [3.05, 3.63) is 34.0 Å². The number of carbonyl (C=O) groups excluding carboxylic acids is 2. The van der Waals surface area contributed by atoms with Crippen LogP contribution in [0.4, 0.5) is 0 Å². The van der Waals surface area contributed by atoms with Gasteiger partial charge in [0.05, 0.1) is 26.4 Å². The molecule has 0 N–H and O–H groups in total. The molecule has 0 amide bonds. The first-order valence-corrected chi connectivity index (χ1v) is 11.9. The molecule has 3 rings (SSSR count). The van der Waals surface area contributed by atoms with E-state index < -0.39 is 11.9 Å². The number of carbonyl (C=O) groups is 2. The number of nitrogens with zero attached hydrogens (tertiary/aromatic N) is 2. The standard InChI is InChI=1S/C22H24N2O6S2/c1-5-27-17-15(21(25)29-7-3)31-19(23-17)13-10-9-11-14(12-13)20-24-18(28-6-2)16(32-20)22(26)30-8-4/h9-12H,5-8H2,1-4H3. The molecule has 0 bridgehead atoms. The lowest BCUT2D eigenvalue weighted by Crippen LogP contribution is -2.05. The number of aromatic nitrogens is 2. The third-order valence-corrected chi connectivity index (χ3v) is 6.16. The molecule has 0 fully saturated rings. The van der Waals surface area contributed by atoms with E-state index in [2.05, 4.69) is 9.97 Å². The molecule has 3 aromatic rings. The molecule has 0 atom stereocenters. The van der Waals surface area contributed by atoms with Crippen LogP contribution >= 0.6 is 22.7 Å². The zero-order valence-electron chi connectivity index (χ0n) is 18.3.